The fraction of sp³-hybridized carbons (Fsp3) is 0.867. The zero-order valence-electron chi connectivity index (χ0n) is 12.8. The molecule has 2 rings (SSSR count). The Morgan fingerprint density at radius 3 is 2.25 bits per heavy atom. The van der Waals surface area contributed by atoms with E-state index in [1.807, 2.05) is 11.8 Å². The van der Waals surface area contributed by atoms with Crippen molar-refractivity contribution in [1.29, 1.82) is 0 Å². The first-order chi connectivity index (χ1) is 9.30. The molecule has 1 unspecified atom stereocenters. The molecule has 0 radical (unpaired) electrons. The second-order valence-corrected chi connectivity index (χ2v) is 7.08. The molecular weight excluding hydrogens is 256 g/mol. The standard InChI is InChI=1S/C15H26N2O3/c1-4-15(12(18)19)7-9-17(11-15)13(20)16-8-5-6-14(2,3)10-16/h4-11H2,1-3H3,(H,18,19). The van der Waals surface area contributed by atoms with Gasteiger partial charge in [-0.05, 0) is 31.1 Å². The Morgan fingerprint density at radius 2 is 1.75 bits per heavy atom. The smallest absolute Gasteiger partial charge is 0.320 e. The molecule has 20 heavy (non-hydrogen) atoms. The molecule has 0 aromatic rings. The summed E-state index contributed by atoms with van der Waals surface area (Å²) in [7, 11) is 0. The number of aliphatic carboxylic acids is 1. The first kappa shape index (κ1) is 15.1. The van der Waals surface area contributed by atoms with Crippen molar-refractivity contribution in [3.63, 3.8) is 0 Å². The van der Waals surface area contributed by atoms with Gasteiger partial charge in [0.25, 0.3) is 0 Å². The van der Waals surface area contributed by atoms with E-state index in [1.54, 1.807) is 4.90 Å². The van der Waals surface area contributed by atoms with Gasteiger partial charge in [0.2, 0.25) is 0 Å². The first-order valence-electron chi connectivity index (χ1n) is 7.57. The molecule has 2 saturated heterocycles. The van der Waals surface area contributed by atoms with Crippen LogP contribution in [0.4, 0.5) is 4.79 Å². The van der Waals surface area contributed by atoms with Crippen LogP contribution in [0.3, 0.4) is 0 Å². The lowest BCUT2D eigenvalue weighted by molar-refractivity contribution is -0.148. The van der Waals surface area contributed by atoms with Crippen LogP contribution in [0.1, 0.15) is 46.5 Å². The van der Waals surface area contributed by atoms with Crippen LogP contribution in [-0.2, 0) is 4.79 Å². The highest BCUT2D eigenvalue weighted by Gasteiger charge is 2.46. The van der Waals surface area contributed by atoms with Crippen molar-refractivity contribution in [3.8, 4) is 0 Å². The zero-order chi connectivity index (χ0) is 15.0. The summed E-state index contributed by atoms with van der Waals surface area (Å²) in [6.07, 6.45) is 3.33. The fourth-order valence-corrected chi connectivity index (χ4v) is 3.44. The molecule has 2 aliphatic heterocycles. The van der Waals surface area contributed by atoms with Crippen molar-refractivity contribution in [1.82, 2.24) is 9.80 Å². The molecule has 0 aliphatic carbocycles. The Balaban J connectivity index is 2.03. The van der Waals surface area contributed by atoms with Crippen LogP contribution in [0.25, 0.3) is 0 Å². The first-order valence-corrected chi connectivity index (χ1v) is 7.57. The van der Waals surface area contributed by atoms with Gasteiger partial charge in [0.1, 0.15) is 0 Å². The summed E-state index contributed by atoms with van der Waals surface area (Å²) < 4.78 is 0. The summed E-state index contributed by atoms with van der Waals surface area (Å²) in [6, 6.07) is 0.0225. The monoisotopic (exact) mass is 282 g/mol. The largest absolute Gasteiger partial charge is 0.481 e. The van der Waals surface area contributed by atoms with Gasteiger partial charge < -0.3 is 14.9 Å². The van der Waals surface area contributed by atoms with Crippen LogP contribution in [0.2, 0.25) is 0 Å². The van der Waals surface area contributed by atoms with E-state index in [9.17, 15) is 14.7 Å². The molecule has 1 N–H and O–H groups in total. The van der Waals surface area contributed by atoms with Crippen molar-refractivity contribution in [3.05, 3.63) is 0 Å². The molecule has 0 aromatic carbocycles. The summed E-state index contributed by atoms with van der Waals surface area (Å²) >= 11 is 0. The Hall–Kier alpha value is -1.26. The van der Waals surface area contributed by atoms with Gasteiger partial charge in [-0.15, -0.1) is 0 Å². The van der Waals surface area contributed by atoms with E-state index in [-0.39, 0.29) is 11.4 Å². The van der Waals surface area contributed by atoms with E-state index in [0.29, 0.717) is 25.9 Å². The predicted octanol–water partition coefficient (Wildman–Crippen LogP) is 2.42. The van der Waals surface area contributed by atoms with Gasteiger partial charge in [0.05, 0.1) is 5.41 Å². The molecule has 5 heteroatoms. The molecule has 5 nitrogen and oxygen atoms in total. The minimum Gasteiger partial charge on any atom is -0.481 e. The average molecular weight is 282 g/mol. The van der Waals surface area contributed by atoms with Gasteiger partial charge in [-0.3, -0.25) is 4.79 Å². The number of carbonyl (C=O) groups excluding carboxylic acids is 1. The minimum absolute atomic E-state index is 0.0225. The van der Waals surface area contributed by atoms with Crippen molar-refractivity contribution >= 4 is 12.0 Å². The quantitative estimate of drug-likeness (QED) is 0.846. The third-order valence-electron chi connectivity index (χ3n) is 4.93. The third-order valence-corrected chi connectivity index (χ3v) is 4.93. The molecular formula is C15H26N2O3. The molecule has 0 spiro atoms. The highest BCUT2D eigenvalue weighted by Crippen LogP contribution is 2.36. The number of carbonyl (C=O) groups is 2. The highest BCUT2D eigenvalue weighted by atomic mass is 16.4. The van der Waals surface area contributed by atoms with E-state index in [2.05, 4.69) is 13.8 Å². The van der Waals surface area contributed by atoms with Gasteiger partial charge in [-0.2, -0.15) is 0 Å². The topological polar surface area (TPSA) is 60.9 Å². The van der Waals surface area contributed by atoms with E-state index in [1.165, 1.54) is 0 Å². The van der Waals surface area contributed by atoms with E-state index < -0.39 is 11.4 Å². The highest BCUT2D eigenvalue weighted by molar-refractivity contribution is 5.80. The zero-order valence-corrected chi connectivity index (χ0v) is 12.8. The summed E-state index contributed by atoms with van der Waals surface area (Å²) in [5, 5.41) is 9.41. The lowest BCUT2D eigenvalue weighted by Crippen LogP contribution is -2.49. The van der Waals surface area contributed by atoms with Crippen LogP contribution < -0.4 is 0 Å². The van der Waals surface area contributed by atoms with E-state index in [4.69, 9.17) is 0 Å². The van der Waals surface area contributed by atoms with Crippen molar-refractivity contribution < 1.29 is 14.7 Å². The number of carboxylic acid groups (broad SMARTS) is 1. The summed E-state index contributed by atoms with van der Waals surface area (Å²) in [5.74, 6) is -0.769. The van der Waals surface area contributed by atoms with Crippen molar-refractivity contribution in [2.45, 2.75) is 46.5 Å². The van der Waals surface area contributed by atoms with Gasteiger partial charge in [0.15, 0.2) is 0 Å². The molecule has 2 aliphatic rings. The normalized spacial score (nSPS) is 29.6. The van der Waals surface area contributed by atoms with E-state index >= 15 is 0 Å². The Bertz CT molecular complexity index is 408. The number of hydrogen-bond donors (Lipinski definition) is 1. The Kier molecular flexibility index (Phi) is 3.98. The number of carboxylic acids is 1. The number of likely N-dealkylation sites (tertiary alicyclic amines) is 2. The van der Waals surface area contributed by atoms with Gasteiger partial charge in [-0.25, -0.2) is 4.79 Å². The second kappa shape index (κ2) is 5.26. The molecule has 2 heterocycles. The Labute approximate surface area is 120 Å². The van der Waals surface area contributed by atoms with Crippen LogP contribution in [0.15, 0.2) is 0 Å². The average Bonchev–Trinajstić information content (AvgIpc) is 2.82. The van der Waals surface area contributed by atoms with Crippen LogP contribution in [-0.4, -0.2) is 53.1 Å². The lowest BCUT2D eigenvalue weighted by atomic mass is 9.84. The van der Waals surface area contributed by atoms with Gasteiger partial charge in [0, 0.05) is 26.2 Å². The van der Waals surface area contributed by atoms with E-state index in [0.717, 1.165) is 25.9 Å². The number of amides is 2. The predicted molar refractivity (Wildman–Crippen MR) is 76.5 cm³/mol. The molecule has 0 saturated carbocycles. The Morgan fingerprint density at radius 1 is 1.10 bits per heavy atom. The van der Waals surface area contributed by atoms with Gasteiger partial charge >= 0.3 is 12.0 Å². The van der Waals surface area contributed by atoms with Crippen LogP contribution in [0.5, 0.6) is 0 Å². The lowest BCUT2D eigenvalue weighted by Gasteiger charge is -2.39. The number of rotatable bonds is 2. The fourth-order valence-electron chi connectivity index (χ4n) is 3.44. The maximum absolute atomic E-state index is 12.6. The van der Waals surface area contributed by atoms with Crippen molar-refractivity contribution in [2.24, 2.45) is 10.8 Å². The molecule has 114 valence electrons. The summed E-state index contributed by atoms with van der Waals surface area (Å²) in [5.41, 5.74) is -0.566. The molecule has 0 bridgehead atoms. The molecule has 2 fully saturated rings. The number of urea groups is 1. The van der Waals surface area contributed by atoms with Gasteiger partial charge in [-0.1, -0.05) is 20.8 Å². The summed E-state index contributed by atoms with van der Waals surface area (Å²) in [4.78, 5) is 27.7. The SMILES string of the molecule is CCC1(C(=O)O)CCN(C(=O)N2CCCC(C)(C)C2)C1. The molecule has 2 amide bonds. The number of piperidine rings is 1. The summed E-state index contributed by atoms with van der Waals surface area (Å²) in [6.45, 7) is 8.75. The molecule has 1 atom stereocenters. The minimum atomic E-state index is -0.769. The maximum atomic E-state index is 12.6. The number of nitrogens with zero attached hydrogens (tertiary/aromatic N) is 2. The molecule has 0 aromatic heterocycles. The second-order valence-electron chi connectivity index (χ2n) is 7.08. The van der Waals surface area contributed by atoms with Crippen LogP contribution in [0, 0.1) is 10.8 Å². The maximum Gasteiger partial charge on any atom is 0.320 e. The number of hydrogen-bond acceptors (Lipinski definition) is 2. The van der Waals surface area contributed by atoms with Crippen LogP contribution >= 0.6 is 0 Å². The van der Waals surface area contributed by atoms with Crippen molar-refractivity contribution in [2.75, 3.05) is 26.2 Å². The third kappa shape index (κ3) is 2.76.